The number of halogens is 9. The van der Waals surface area contributed by atoms with E-state index in [1.165, 1.54) is 30.3 Å². The van der Waals surface area contributed by atoms with Crippen LogP contribution in [0.25, 0.3) is 62.7 Å². The lowest BCUT2D eigenvalue weighted by Crippen LogP contribution is -2.31. The molecule has 0 N–H and O–H groups in total. The number of rotatable bonds is 18. The van der Waals surface area contributed by atoms with E-state index >= 15 is 39.5 Å². The molecule has 0 heterocycles. The van der Waals surface area contributed by atoms with Crippen LogP contribution in [-0.2, 0) is 22.7 Å². The topological polar surface area (TPSA) is 21.7 Å². The third-order valence-electron chi connectivity index (χ3n) is 24.5. The molecular formula is C107H66F9NO2. The maximum Gasteiger partial charge on any atom is 0.197 e. The molecule has 0 aromatic heterocycles. The van der Waals surface area contributed by atoms with Gasteiger partial charge in [0.25, 0.3) is 0 Å². The van der Waals surface area contributed by atoms with Gasteiger partial charge in [-0.1, -0.05) is 244 Å². The van der Waals surface area contributed by atoms with Crippen LogP contribution >= 0.6 is 0 Å². The average molecular weight is 1570 g/mol. The highest BCUT2D eigenvalue weighted by atomic mass is 19.2. The Labute approximate surface area is 681 Å². The second-order valence-corrected chi connectivity index (χ2v) is 30.5. The lowest BCUT2D eigenvalue weighted by molar-refractivity contribution is 0.399. The number of nitrogens with zero attached hydrogens (tertiary/aromatic N) is 1. The van der Waals surface area contributed by atoms with E-state index in [1.54, 1.807) is 97.1 Å². The predicted octanol–water partition coefficient (Wildman–Crippen LogP) is 28.4. The van der Waals surface area contributed by atoms with Crippen LogP contribution in [0.4, 0.5) is 56.6 Å². The van der Waals surface area contributed by atoms with Crippen LogP contribution in [0, 0.1) is 52.4 Å². The molecule has 0 aliphatic heterocycles. The second-order valence-electron chi connectivity index (χ2n) is 30.5. The number of hydrogen-bond donors (Lipinski definition) is 0. The van der Waals surface area contributed by atoms with Crippen molar-refractivity contribution in [2.45, 2.75) is 28.6 Å². The highest BCUT2D eigenvalue weighted by molar-refractivity contribution is 5.98. The first kappa shape index (κ1) is 73.4. The van der Waals surface area contributed by atoms with Crippen LogP contribution in [0.1, 0.15) is 106 Å². The molecule has 0 saturated carbocycles. The largest absolute Gasteiger partial charge is 0.457 e. The van der Waals surface area contributed by atoms with Crippen molar-refractivity contribution in [3.05, 3.63) is 500 Å². The Balaban J connectivity index is 0.752. The SMILES string of the molecule is C=Cc1ccc(Oc2ccc(C3(c4cc(F)c(F)c(F)c4F)c4ccccc4-c4ccc(N(c5ccc(F)cc5)c5ccc6c(c5)[C@@]5(c7ccccc7-c7ccc(CC(c8ccc(F)cc8)c8ccc9c(c8)C(c8ccc(Oc%10ccc(C=C)cc%10)cc8)(c8cc(F)c(F)c(F)c8C=C)c8ccccc8-9)cc75)c5ccccc5-6)cc43)cc2)cc1. The normalized spacial score (nSPS) is 16.1. The van der Waals surface area contributed by atoms with Crippen molar-refractivity contribution >= 4 is 35.3 Å². The van der Waals surface area contributed by atoms with E-state index in [-0.39, 0.29) is 11.1 Å². The number of anilines is 3. The first-order valence-electron chi connectivity index (χ1n) is 39.0. The van der Waals surface area contributed by atoms with Crippen molar-refractivity contribution < 1.29 is 49.0 Å². The molecule has 0 amide bonds. The van der Waals surface area contributed by atoms with Gasteiger partial charge in [0.05, 0.1) is 16.2 Å². The fourth-order valence-corrected chi connectivity index (χ4v) is 19.4. The minimum atomic E-state index is -1.98. The molecule has 119 heavy (non-hydrogen) atoms. The third kappa shape index (κ3) is 11.3. The Kier molecular flexibility index (Phi) is 17.6. The van der Waals surface area contributed by atoms with Crippen LogP contribution in [-0.4, -0.2) is 0 Å². The van der Waals surface area contributed by atoms with Crippen LogP contribution < -0.4 is 14.4 Å². The molecule has 0 saturated heterocycles. The van der Waals surface area contributed by atoms with Crippen LogP contribution in [0.3, 0.4) is 0 Å². The highest BCUT2D eigenvalue weighted by Gasteiger charge is 2.54. The zero-order valence-corrected chi connectivity index (χ0v) is 63.5. The summed E-state index contributed by atoms with van der Waals surface area (Å²) in [7, 11) is 0. The molecular weight excluding hydrogens is 1500 g/mol. The van der Waals surface area contributed by atoms with E-state index in [0.29, 0.717) is 91.0 Å². The van der Waals surface area contributed by atoms with E-state index in [0.717, 1.165) is 95.6 Å². The van der Waals surface area contributed by atoms with Gasteiger partial charge in [-0.3, -0.25) is 0 Å². The van der Waals surface area contributed by atoms with Crippen molar-refractivity contribution in [1.82, 2.24) is 0 Å². The van der Waals surface area contributed by atoms with Crippen LogP contribution in [0.15, 0.2) is 347 Å². The molecule has 16 aromatic rings. The average Bonchev–Trinajstić information content (AvgIpc) is 1.52. The Hall–Kier alpha value is -14.5. The molecule has 3 nitrogen and oxygen atoms in total. The standard InChI is InChI=1S/C107H66F9NO2/c1-4-62-23-43-74(44-24-62)118-76-47-31-67(32-48-76)105(96-60-98(110)102(114)100(112)78(96)6-3)88-19-11-7-15-79(88)84-52-30-66(57-93(84)105)87(65-28-35-69(108)36-29-65)55-64-27-51-83-81-17-9-13-21-90(81)107(92(83)56-64)91-22-14-10-18-82(91)86-54-42-73(59-95(86)107)117(71-39-37-70(109)38-40-71)72-41-53-85-80-16-8-12-20-89(80)106(94(85)58-72,97-61-99(111)103(115)104(116)101(97)113)68-33-49-77(50-34-68)119-75-45-25-63(5-2)26-46-75/h4-54,56-61,87H,1-3,55H2/t87?,105?,106?,107-/m0/s1. The van der Waals surface area contributed by atoms with E-state index < -0.39 is 80.1 Å². The fraction of sp³-hybridized carbons (Fsp3) is 0.0467. The summed E-state index contributed by atoms with van der Waals surface area (Å²) >= 11 is 0. The van der Waals surface area contributed by atoms with E-state index in [4.69, 9.17) is 9.47 Å². The van der Waals surface area contributed by atoms with Gasteiger partial charge in [0, 0.05) is 34.1 Å². The van der Waals surface area contributed by atoms with Crippen molar-refractivity contribution in [3.8, 4) is 67.5 Å². The number of fused-ring (bicyclic) bond motifs is 16. The molecule has 574 valence electrons. The molecule has 4 atom stereocenters. The van der Waals surface area contributed by atoms with E-state index in [2.05, 4.69) is 86.5 Å². The van der Waals surface area contributed by atoms with Gasteiger partial charge in [0.2, 0.25) is 0 Å². The second kappa shape index (κ2) is 28.5. The predicted molar refractivity (Wildman–Crippen MR) is 453 cm³/mol. The summed E-state index contributed by atoms with van der Waals surface area (Å²) in [5.41, 5.74) is 14.6. The quantitative estimate of drug-likeness (QED) is 0.0485. The zero-order valence-electron chi connectivity index (χ0n) is 63.5. The van der Waals surface area contributed by atoms with Crippen LogP contribution in [0.2, 0.25) is 0 Å². The Morgan fingerprint density at radius 3 is 1.11 bits per heavy atom. The minimum absolute atomic E-state index is 0.120. The lowest BCUT2D eigenvalue weighted by atomic mass is 9.65. The fourth-order valence-electron chi connectivity index (χ4n) is 19.4. The number of benzene rings is 16. The highest BCUT2D eigenvalue weighted by Crippen LogP contribution is 2.66. The molecule has 4 aliphatic rings. The minimum Gasteiger partial charge on any atom is -0.457 e. The van der Waals surface area contributed by atoms with Crippen molar-refractivity contribution in [3.63, 3.8) is 0 Å². The Morgan fingerprint density at radius 2 is 0.639 bits per heavy atom. The molecule has 4 aliphatic carbocycles. The summed E-state index contributed by atoms with van der Waals surface area (Å²) in [5.74, 6) is -11.0. The van der Waals surface area contributed by atoms with Gasteiger partial charge in [-0.15, -0.1) is 0 Å². The summed E-state index contributed by atoms with van der Waals surface area (Å²) in [6.07, 6.45) is 5.01. The Bertz CT molecular complexity index is 6870. The zero-order chi connectivity index (χ0) is 81.3. The maximum atomic E-state index is 17.6. The van der Waals surface area contributed by atoms with Gasteiger partial charge in [-0.25, -0.2) is 39.5 Å². The summed E-state index contributed by atoms with van der Waals surface area (Å²) in [5, 5.41) is 0. The van der Waals surface area contributed by atoms with Crippen molar-refractivity contribution in [1.29, 1.82) is 0 Å². The third-order valence-corrected chi connectivity index (χ3v) is 24.5. The summed E-state index contributed by atoms with van der Waals surface area (Å²) in [6.45, 7) is 11.7. The summed E-state index contributed by atoms with van der Waals surface area (Å²) in [6, 6.07) is 99.5. The molecule has 0 radical (unpaired) electrons. The first-order valence-corrected chi connectivity index (χ1v) is 39.0. The number of hydrogen-bond acceptors (Lipinski definition) is 3. The van der Waals surface area contributed by atoms with Gasteiger partial charge in [-0.2, -0.15) is 0 Å². The molecule has 20 rings (SSSR count). The molecule has 16 aromatic carbocycles. The van der Waals surface area contributed by atoms with Crippen molar-refractivity contribution in [2.75, 3.05) is 4.90 Å². The molecule has 3 unspecified atom stereocenters. The van der Waals surface area contributed by atoms with Crippen LogP contribution in [0.5, 0.6) is 23.0 Å². The Morgan fingerprint density at radius 1 is 0.277 bits per heavy atom. The molecule has 12 heteroatoms. The van der Waals surface area contributed by atoms with E-state index in [9.17, 15) is 0 Å². The van der Waals surface area contributed by atoms with Crippen molar-refractivity contribution in [2.24, 2.45) is 0 Å². The molecule has 1 spiro atoms. The first-order chi connectivity index (χ1) is 58.0. The maximum absolute atomic E-state index is 17.6. The summed E-state index contributed by atoms with van der Waals surface area (Å²) < 4.78 is 159. The monoisotopic (exact) mass is 1570 g/mol. The van der Waals surface area contributed by atoms with Gasteiger partial charge < -0.3 is 14.4 Å². The summed E-state index contributed by atoms with van der Waals surface area (Å²) in [4.78, 5) is 1.98. The molecule has 0 bridgehead atoms. The van der Waals surface area contributed by atoms with Gasteiger partial charge in [-0.05, 0) is 261 Å². The van der Waals surface area contributed by atoms with Gasteiger partial charge in [0.1, 0.15) is 34.6 Å². The number of ether oxygens (including phenoxy) is 2. The smallest absolute Gasteiger partial charge is 0.197 e. The lowest BCUT2D eigenvalue weighted by Gasteiger charge is -2.36. The van der Waals surface area contributed by atoms with Gasteiger partial charge >= 0.3 is 0 Å². The van der Waals surface area contributed by atoms with Gasteiger partial charge in [0.15, 0.2) is 40.7 Å². The molecule has 0 fully saturated rings. The van der Waals surface area contributed by atoms with E-state index in [1.807, 2.05) is 144 Å².